The van der Waals surface area contributed by atoms with E-state index >= 15 is 0 Å². The van der Waals surface area contributed by atoms with E-state index in [0.29, 0.717) is 20.6 Å². The summed E-state index contributed by atoms with van der Waals surface area (Å²) in [6, 6.07) is 11.2. The van der Waals surface area contributed by atoms with Gasteiger partial charge in [0.1, 0.15) is 11.9 Å². The highest BCUT2D eigenvalue weighted by molar-refractivity contribution is 6.42. The monoisotopic (exact) mass is 495 g/mol. The van der Waals surface area contributed by atoms with Gasteiger partial charge in [0.05, 0.1) is 15.1 Å². The first-order valence-corrected chi connectivity index (χ1v) is 12.3. The van der Waals surface area contributed by atoms with Gasteiger partial charge in [-0.3, -0.25) is 4.79 Å². The van der Waals surface area contributed by atoms with E-state index in [1.807, 2.05) is 12.1 Å². The molecule has 2 aliphatic heterocycles. The van der Waals surface area contributed by atoms with E-state index in [1.165, 1.54) is 5.56 Å². The van der Waals surface area contributed by atoms with Crippen molar-refractivity contribution in [3.8, 4) is 5.75 Å². The number of hydrogen-bond acceptors (Lipinski definition) is 4. The van der Waals surface area contributed by atoms with Gasteiger partial charge in [-0.2, -0.15) is 0 Å². The number of likely N-dealkylation sites (tertiary alicyclic amines) is 1. The van der Waals surface area contributed by atoms with Gasteiger partial charge in [0.15, 0.2) is 0 Å². The minimum Gasteiger partial charge on any atom is -0.489 e. The molecule has 2 fully saturated rings. The second kappa shape index (κ2) is 11.1. The normalized spacial score (nSPS) is 19.8. The van der Waals surface area contributed by atoms with Gasteiger partial charge < -0.3 is 20.3 Å². The van der Waals surface area contributed by atoms with Crippen molar-refractivity contribution in [2.75, 3.05) is 32.7 Å². The maximum absolute atomic E-state index is 12.5. The Balaban J connectivity index is 1.23. The van der Waals surface area contributed by atoms with Crippen LogP contribution >= 0.6 is 34.8 Å². The lowest BCUT2D eigenvalue weighted by Crippen LogP contribution is -2.37. The van der Waals surface area contributed by atoms with Crippen LogP contribution in [0.4, 0.5) is 0 Å². The number of nitrogens with zero attached hydrogens (tertiary/aromatic N) is 1. The fourth-order valence-electron chi connectivity index (χ4n) is 4.24. The number of ether oxygens (including phenoxy) is 1. The predicted octanol–water partition coefficient (Wildman–Crippen LogP) is 4.82. The number of carbonyl (C=O) groups is 1. The summed E-state index contributed by atoms with van der Waals surface area (Å²) in [5.41, 5.74) is 1.72. The first kappa shape index (κ1) is 23.7. The number of benzene rings is 2. The molecule has 2 aromatic carbocycles. The minimum atomic E-state index is -0.119. The van der Waals surface area contributed by atoms with Crippen molar-refractivity contribution < 1.29 is 9.53 Å². The standard InChI is InChI=1S/C24H28Cl3N3O2/c25-20-3-2-17(14-21(20)26)24(31)29-18-8-12-30(15-18)11-7-16-1-4-23(22(27)13-16)32-19-5-9-28-10-6-19/h1-4,13-14,18-19,28H,5-12,15H2,(H,29,31)/t18-/m0/s1. The van der Waals surface area contributed by atoms with Crippen molar-refractivity contribution in [3.63, 3.8) is 0 Å². The van der Waals surface area contributed by atoms with Gasteiger partial charge in [-0.25, -0.2) is 0 Å². The van der Waals surface area contributed by atoms with Crippen LogP contribution in [0.2, 0.25) is 15.1 Å². The molecule has 32 heavy (non-hydrogen) atoms. The third kappa shape index (κ3) is 6.30. The molecule has 1 amide bonds. The number of halogens is 3. The zero-order valence-electron chi connectivity index (χ0n) is 17.9. The largest absolute Gasteiger partial charge is 0.489 e. The van der Waals surface area contributed by atoms with Crippen molar-refractivity contribution >= 4 is 40.7 Å². The van der Waals surface area contributed by atoms with Crippen LogP contribution in [0.5, 0.6) is 5.75 Å². The number of rotatable bonds is 7. The van der Waals surface area contributed by atoms with Gasteiger partial charge in [0.25, 0.3) is 5.91 Å². The second-order valence-electron chi connectivity index (χ2n) is 8.47. The maximum Gasteiger partial charge on any atom is 0.251 e. The van der Waals surface area contributed by atoms with Crippen molar-refractivity contribution in [1.82, 2.24) is 15.5 Å². The first-order chi connectivity index (χ1) is 15.5. The van der Waals surface area contributed by atoms with Gasteiger partial charge in [-0.1, -0.05) is 40.9 Å². The van der Waals surface area contributed by atoms with Crippen LogP contribution < -0.4 is 15.4 Å². The average molecular weight is 497 g/mol. The van der Waals surface area contributed by atoms with Gasteiger partial charge in [-0.15, -0.1) is 0 Å². The quantitative estimate of drug-likeness (QED) is 0.577. The first-order valence-electron chi connectivity index (χ1n) is 11.1. The van der Waals surface area contributed by atoms with Gasteiger partial charge in [-0.05, 0) is 74.7 Å². The Kier molecular flexibility index (Phi) is 8.19. The molecule has 0 radical (unpaired) electrons. The predicted molar refractivity (Wildman–Crippen MR) is 130 cm³/mol. The Morgan fingerprint density at radius 2 is 1.84 bits per heavy atom. The third-order valence-electron chi connectivity index (χ3n) is 6.08. The van der Waals surface area contributed by atoms with Crippen LogP contribution in [0.25, 0.3) is 0 Å². The molecule has 0 aliphatic carbocycles. The van der Waals surface area contributed by atoms with Gasteiger partial charge >= 0.3 is 0 Å². The number of amides is 1. The zero-order chi connectivity index (χ0) is 22.5. The molecule has 5 nitrogen and oxygen atoms in total. The van der Waals surface area contributed by atoms with Crippen molar-refractivity contribution in [2.24, 2.45) is 0 Å². The topological polar surface area (TPSA) is 53.6 Å². The molecule has 2 N–H and O–H groups in total. The van der Waals surface area contributed by atoms with E-state index < -0.39 is 0 Å². The highest BCUT2D eigenvalue weighted by Crippen LogP contribution is 2.28. The average Bonchev–Trinajstić information content (AvgIpc) is 3.24. The summed E-state index contributed by atoms with van der Waals surface area (Å²) < 4.78 is 6.08. The maximum atomic E-state index is 12.5. The Hall–Kier alpha value is -1.50. The molecule has 4 rings (SSSR count). The van der Waals surface area contributed by atoms with E-state index in [-0.39, 0.29) is 18.1 Å². The molecule has 172 valence electrons. The van der Waals surface area contributed by atoms with Crippen LogP contribution in [-0.2, 0) is 6.42 Å². The molecule has 2 heterocycles. The summed E-state index contributed by atoms with van der Waals surface area (Å²) in [6.45, 7) is 4.69. The van der Waals surface area contributed by atoms with Crippen LogP contribution in [-0.4, -0.2) is 55.7 Å². The van der Waals surface area contributed by atoms with E-state index in [2.05, 4.69) is 21.6 Å². The van der Waals surface area contributed by atoms with Crippen LogP contribution in [0.3, 0.4) is 0 Å². The SMILES string of the molecule is O=C(N[C@H]1CCN(CCc2ccc(OC3CCNCC3)c(Cl)c2)C1)c1ccc(Cl)c(Cl)c1. The Bertz CT molecular complexity index is 950. The molecule has 2 aromatic rings. The highest BCUT2D eigenvalue weighted by Gasteiger charge is 2.24. The van der Waals surface area contributed by atoms with E-state index in [1.54, 1.807) is 18.2 Å². The molecular formula is C24H28Cl3N3O2. The summed E-state index contributed by atoms with van der Waals surface area (Å²) in [5, 5.41) is 7.95. The fraction of sp³-hybridized carbons (Fsp3) is 0.458. The van der Waals surface area contributed by atoms with E-state index in [4.69, 9.17) is 39.5 Å². The third-order valence-corrected chi connectivity index (χ3v) is 7.12. The number of carbonyl (C=O) groups excluding carboxylic acids is 1. The summed E-state index contributed by atoms with van der Waals surface area (Å²) in [7, 11) is 0. The van der Waals surface area contributed by atoms with Crippen LogP contribution in [0.15, 0.2) is 36.4 Å². The molecule has 0 bridgehead atoms. The second-order valence-corrected chi connectivity index (χ2v) is 9.69. The molecule has 0 unspecified atom stereocenters. The lowest BCUT2D eigenvalue weighted by molar-refractivity contribution is 0.0938. The number of nitrogens with one attached hydrogen (secondary N) is 2. The number of hydrogen-bond donors (Lipinski definition) is 2. The minimum absolute atomic E-state index is 0.119. The molecule has 1 atom stereocenters. The zero-order valence-corrected chi connectivity index (χ0v) is 20.1. The fourth-order valence-corrected chi connectivity index (χ4v) is 4.78. The molecule has 0 spiro atoms. The van der Waals surface area contributed by atoms with Crippen LogP contribution in [0.1, 0.15) is 35.2 Å². The summed E-state index contributed by atoms with van der Waals surface area (Å²) in [6.07, 6.45) is 4.09. The lowest BCUT2D eigenvalue weighted by Gasteiger charge is -2.24. The smallest absolute Gasteiger partial charge is 0.251 e. The number of piperidine rings is 1. The molecular weight excluding hydrogens is 469 g/mol. The van der Waals surface area contributed by atoms with Crippen molar-refractivity contribution in [2.45, 2.75) is 37.8 Å². The highest BCUT2D eigenvalue weighted by atomic mass is 35.5. The molecule has 8 heteroatoms. The molecule has 2 aliphatic rings. The van der Waals surface area contributed by atoms with Gasteiger partial charge in [0.2, 0.25) is 0 Å². The van der Waals surface area contributed by atoms with Crippen molar-refractivity contribution in [3.05, 3.63) is 62.6 Å². The summed E-state index contributed by atoms with van der Waals surface area (Å²) >= 11 is 18.4. The molecule has 2 saturated heterocycles. The van der Waals surface area contributed by atoms with Crippen LogP contribution in [0, 0.1) is 0 Å². The Morgan fingerprint density at radius 1 is 1.03 bits per heavy atom. The molecule has 0 saturated carbocycles. The van der Waals surface area contributed by atoms with E-state index in [9.17, 15) is 4.79 Å². The Labute approximate surface area is 204 Å². The lowest BCUT2D eigenvalue weighted by atomic mass is 10.1. The Morgan fingerprint density at radius 3 is 2.59 bits per heavy atom. The summed E-state index contributed by atoms with van der Waals surface area (Å²) in [5.74, 6) is 0.653. The molecule has 0 aromatic heterocycles. The summed E-state index contributed by atoms with van der Waals surface area (Å²) in [4.78, 5) is 14.9. The van der Waals surface area contributed by atoms with Gasteiger partial charge in [0, 0.05) is 31.2 Å². The van der Waals surface area contributed by atoms with E-state index in [0.717, 1.165) is 64.2 Å². The van der Waals surface area contributed by atoms with Crippen molar-refractivity contribution in [1.29, 1.82) is 0 Å².